The largest absolute Gasteiger partial charge is 0.329 e. The van der Waals surface area contributed by atoms with Crippen LogP contribution in [0.2, 0.25) is 0 Å². The van der Waals surface area contributed by atoms with Gasteiger partial charge in [0.25, 0.3) is 0 Å². The Hall–Kier alpha value is -1.42. The molecule has 0 aliphatic rings. The van der Waals surface area contributed by atoms with Gasteiger partial charge in [-0.15, -0.1) is 12.4 Å². The summed E-state index contributed by atoms with van der Waals surface area (Å²) < 4.78 is 12.9. The van der Waals surface area contributed by atoms with Crippen LogP contribution in [0.1, 0.15) is 11.1 Å². The molecule has 114 valence electrons. The number of hydrogen-bond donors (Lipinski definition) is 1. The molecule has 0 heterocycles. The Labute approximate surface area is 132 Å². The summed E-state index contributed by atoms with van der Waals surface area (Å²) >= 11 is 0. The number of hydrogen-bond acceptors (Lipinski definition) is 2. The average molecular weight is 309 g/mol. The third kappa shape index (κ3) is 6.25. The van der Waals surface area contributed by atoms with Crippen molar-refractivity contribution in [1.29, 1.82) is 0 Å². The Morgan fingerprint density at radius 1 is 0.857 bits per heavy atom. The highest BCUT2D eigenvalue weighted by atomic mass is 35.5. The lowest BCUT2D eigenvalue weighted by molar-refractivity contribution is 0.276. The summed E-state index contributed by atoms with van der Waals surface area (Å²) in [5.74, 6) is -0.191. The molecule has 2 rings (SSSR count). The van der Waals surface area contributed by atoms with Gasteiger partial charge in [-0.1, -0.05) is 42.5 Å². The van der Waals surface area contributed by atoms with E-state index >= 15 is 0 Å². The number of benzene rings is 2. The van der Waals surface area contributed by atoms with Crippen LogP contribution in [-0.4, -0.2) is 24.5 Å². The van der Waals surface area contributed by atoms with Gasteiger partial charge in [0, 0.05) is 26.2 Å². The van der Waals surface area contributed by atoms with Gasteiger partial charge < -0.3 is 5.73 Å². The van der Waals surface area contributed by atoms with E-state index in [4.69, 9.17) is 5.73 Å². The van der Waals surface area contributed by atoms with Crippen molar-refractivity contribution in [3.8, 4) is 0 Å². The molecular weight excluding hydrogens is 287 g/mol. The maximum Gasteiger partial charge on any atom is 0.123 e. The van der Waals surface area contributed by atoms with E-state index in [0.29, 0.717) is 6.54 Å². The summed E-state index contributed by atoms with van der Waals surface area (Å²) in [7, 11) is 0. The fraction of sp³-hybridized carbons (Fsp3) is 0.294. The van der Waals surface area contributed by atoms with Gasteiger partial charge in [0.05, 0.1) is 0 Å². The highest BCUT2D eigenvalue weighted by Crippen LogP contribution is 2.08. The number of halogens is 2. The minimum Gasteiger partial charge on any atom is -0.329 e. The standard InChI is InChI=1S/C17H21FN2.ClH/c18-17-8-6-16(7-9-17)14-20(13-11-19)12-10-15-4-2-1-3-5-15;/h1-9H,10-14,19H2;1H. The van der Waals surface area contributed by atoms with Gasteiger partial charge in [0.15, 0.2) is 0 Å². The highest BCUT2D eigenvalue weighted by Gasteiger charge is 2.05. The summed E-state index contributed by atoms with van der Waals surface area (Å²) in [4.78, 5) is 2.31. The maximum absolute atomic E-state index is 12.9. The van der Waals surface area contributed by atoms with Gasteiger partial charge in [0.2, 0.25) is 0 Å². The Morgan fingerprint density at radius 3 is 2.14 bits per heavy atom. The minimum atomic E-state index is -0.191. The molecule has 0 saturated carbocycles. The summed E-state index contributed by atoms with van der Waals surface area (Å²) in [5.41, 5.74) is 8.12. The van der Waals surface area contributed by atoms with Gasteiger partial charge in [-0.2, -0.15) is 0 Å². The van der Waals surface area contributed by atoms with Crippen LogP contribution in [0.3, 0.4) is 0 Å². The van der Waals surface area contributed by atoms with E-state index in [2.05, 4.69) is 29.2 Å². The van der Waals surface area contributed by atoms with Crippen LogP contribution in [0.15, 0.2) is 54.6 Å². The predicted molar refractivity (Wildman–Crippen MR) is 88.1 cm³/mol. The molecule has 0 aliphatic heterocycles. The Balaban J connectivity index is 0.00000220. The second-order valence-electron chi connectivity index (χ2n) is 4.93. The van der Waals surface area contributed by atoms with E-state index in [1.807, 2.05) is 18.2 Å². The van der Waals surface area contributed by atoms with Gasteiger partial charge in [-0.05, 0) is 29.7 Å². The first kappa shape index (κ1) is 17.6. The first-order valence-corrected chi connectivity index (χ1v) is 6.99. The van der Waals surface area contributed by atoms with Crippen molar-refractivity contribution < 1.29 is 4.39 Å². The highest BCUT2D eigenvalue weighted by molar-refractivity contribution is 5.85. The maximum atomic E-state index is 12.9. The van der Waals surface area contributed by atoms with Crippen LogP contribution in [0, 0.1) is 5.82 Å². The first-order chi connectivity index (χ1) is 9.78. The fourth-order valence-corrected chi connectivity index (χ4v) is 2.23. The molecule has 0 aromatic heterocycles. The van der Waals surface area contributed by atoms with Crippen molar-refractivity contribution in [2.24, 2.45) is 5.73 Å². The lowest BCUT2D eigenvalue weighted by Crippen LogP contribution is -2.31. The zero-order chi connectivity index (χ0) is 14.2. The molecule has 2 aromatic carbocycles. The third-order valence-corrected chi connectivity index (χ3v) is 3.32. The smallest absolute Gasteiger partial charge is 0.123 e. The van der Waals surface area contributed by atoms with Crippen LogP contribution in [-0.2, 0) is 13.0 Å². The summed E-state index contributed by atoms with van der Waals surface area (Å²) in [6, 6.07) is 17.1. The minimum absolute atomic E-state index is 0. The predicted octanol–water partition coefficient (Wildman–Crippen LogP) is 3.25. The van der Waals surface area contributed by atoms with Crippen molar-refractivity contribution in [2.45, 2.75) is 13.0 Å². The first-order valence-electron chi connectivity index (χ1n) is 6.99. The molecule has 0 amide bonds. The van der Waals surface area contributed by atoms with Gasteiger partial charge >= 0.3 is 0 Å². The molecule has 2 N–H and O–H groups in total. The molecule has 0 atom stereocenters. The number of nitrogens with two attached hydrogens (primary N) is 1. The molecule has 2 nitrogen and oxygen atoms in total. The molecule has 0 radical (unpaired) electrons. The zero-order valence-corrected chi connectivity index (χ0v) is 12.9. The molecule has 4 heteroatoms. The van der Waals surface area contributed by atoms with Crippen molar-refractivity contribution in [3.05, 3.63) is 71.5 Å². The van der Waals surface area contributed by atoms with Gasteiger partial charge in [0.1, 0.15) is 5.82 Å². The van der Waals surface area contributed by atoms with Crippen LogP contribution < -0.4 is 5.73 Å². The fourth-order valence-electron chi connectivity index (χ4n) is 2.23. The molecule has 0 unspecified atom stereocenters. The molecular formula is C17H22ClFN2. The molecule has 0 saturated heterocycles. The average Bonchev–Trinajstić information content (AvgIpc) is 2.48. The van der Waals surface area contributed by atoms with E-state index < -0.39 is 0 Å². The van der Waals surface area contributed by atoms with Crippen molar-refractivity contribution in [1.82, 2.24) is 4.90 Å². The molecule has 0 fully saturated rings. The lowest BCUT2D eigenvalue weighted by Gasteiger charge is -2.21. The van der Waals surface area contributed by atoms with Crippen molar-refractivity contribution in [3.63, 3.8) is 0 Å². The molecule has 21 heavy (non-hydrogen) atoms. The van der Waals surface area contributed by atoms with E-state index in [1.165, 1.54) is 17.7 Å². The zero-order valence-electron chi connectivity index (χ0n) is 12.0. The van der Waals surface area contributed by atoms with Crippen LogP contribution in [0.4, 0.5) is 4.39 Å². The van der Waals surface area contributed by atoms with Gasteiger partial charge in [-0.3, -0.25) is 4.90 Å². The monoisotopic (exact) mass is 308 g/mol. The van der Waals surface area contributed by atoms with E-state index in [-0.39, 0.29) is 18.2 Å². The summed E-state index contributed by atoms with van der Waals surface area (Å²) in [6.45, 7) is 3.25. The van der Waals surface area contributed by atoms with Crippen molar-refractivity contribution >= 4 is 12.4 Å². The second-order valence-corrected chi connectivity index (χ2v) is 4.93. The van der Waals surface area contributed by atoms with E-state index in [1.54, 1.807) is 0 Å². The Bertz CT molecular complexity index is 502. The molecule has 2 aromatic rings. The van der Waals surface area contributed by atoms with E-state index in [9.17, 15) is 4.39 Å². The SMILES string of the molecule is Cl.NCCN(CCc1ccccc1)Cc1ccc(F)cc1. The topological polar surface area (TPSA) is 29.3 Å². The lowest BCUT2D eigenvalue weighted by atomic mass is 10.1. The number of nitrogens with zero attached hydrogens (tertiary/aromatic N) is 1. The molecule has 0 aliphatic carbocycles. The number of rotatable bonds is 7. The normalized spacial score (nSPS) is 10.4. The van der Waals surface area contributed by atoms with Crippen LogP contribution in [0.5, 0.6) is 0 Å². The summed E-state index contributed by atoms with van der Waals surface area (Å²) in [6.07, 6.45) is 1.00. The summed E-state index contributed by atoms with van der Waals surface area (Å²) in [5, 5.41) is 0. The molecule has 0 bridgehead atoms. The Kier molecular flexibility index (Phi) is 7.98. The van der Waals surface area contributed by atoms with E-state index in [0.717, 1.165) is 31.6 Å². The molecule has 0 spiro atoms. The van der Waals surface area contributed by atoms with Gasteiger partial charge in [-0.25, -0.2) is 4.39 Å². The second kappa shape index (κ2) is 9.50. The Morgan fingerprint density at radius 2 is 1.52 bits per heavy atom. The third-order valence-electron chi connectivity index (χ3n) is 3.32. The van der Waals surface area contributed by atoms with Crippen molar-refractivity contribution in [2.75, 3.05) is 19.6 Å². The quantitative estimate of drug-likeness (QED) is 0.851. The van der Waals surface area contributed by atoms with Crippen LogP contribution >= 0.6 is 12.4 Å². The van der Waals surface area contributed by atoms with Crippen LogP contribution in [0.25, 0.3) is 0 Å².